The highest BCUT2D eigenvalue weighted by molar-refractivity contribution is 6.05. The van der Waals surface area contributed by atoms with Gasteiger partial charge >= 0.3 is 0 Å². The fourth-order valence-corrected chi connectivity index (χ4v) is 3.47. The Kier molecular flexibility index (Phi) is 4.99. The van der Waals surface area contributed by atoms with E-state index >= 15 is 0 Å². The van der Waals surface area contributed by atoms with Gasteiger partial charge in [0.1, 0.15) is 5.82 Å². The lowest BCUT2D eigenvalue weighted by Gasteiger charge is -2.06. The van der Waals surface area contributed by atoms with Crippen molar-refractivity contribution in [3.8, 4) is 22.4 Å². The molecule has 3 nitrogen and oxygen atoms in total. The summed E-state index contributed by atoms with van der Waals surface area (Å²) in [6.45, 7) is 9.47. The second-order valence-corrected chi connectivity index (χ2v) is 8.06. The lowest BCUT2D eigenvalue weighted by Crippen LogP contribution is -2.00. The molecule has 142 valence electrons. The van der Waals surface area contributed by atoms with E-state index in [0.717, 1.165) is 23.6 Å². The molecule has 1 aliphatic heterocycles. The van der Waals surface area contributed by atoms with Crippen LogP contribution < -0.4 is 0 Å². The predicted octanol–water partition coefficient (Wildman–Crippen LogP) is 6.36. The van der Waals surface area contributed by atoms with Crippen LogP contribution in [0.25, 0.3) is 28.0 Å². The molecule has 3 aromatic rings. The first-order valence-electron chi connectivity index (χ1n) is 10.0. The summed E-state index contributed by atoms with van der Waals surface area (Å²) in [6, 6.07) is 17.5. The smallest absolute Gasteiger partial charge is 0.109 e. The van der Waals surface area contributed by atoms with Gasteiger partial charge in [0.2, 0.25) is 0 Å². The van der Waals surface area contributed by atoms with Gasteiger partial charge in [-0.05, 0) is 39.8 Å². The molecule has 1 aliphatic rings. The Balaban J connectivity index is 1.51. The Hall–Kier alpha value is -2.94. The van der Waals surface area contributed by atoms with Gasteiger partial charge < -0.3 is 4.98 Å². The first-order chi connectivity index (χ1) is 13.5. The molecule has 2 heterocycles. The number of allylic oxidation sites excluding steroid dienone is 1. The molecule has 0 fully saturated rings. The number of nitrogens with zero attached hydrogens (tertiary/aromatic N) is 2. The number of aliphatic imine (C=N–C) groups is 1. The zero-order valence-corrected chi connectivity index (χ0v) is 17.0. The van der Waals surface area contributed by atoms with E-state index in [2.05, 4.69) is 97.3 Å². The third-order valence-corrected chi connectivity index (χ3v) is 5.27. The number of hydrogen-bond acceptors (Lipinski definition) is 2. The molecule has 0 atom stereocenters. The Morgan fingerprint density at radius 3 is 1.82 bits per heavy atom. The summed E-state index contributed by atoms with van der Waals surface area (Å²) < 4.78 is 0. The molecule has 0 unspecified atom stereocenters. The van der Waals surface area contributed by atoms with E-state index in [1.54, 1.807) is 0 Å². The molecule has 4 rings (SSSR count). The number of hydrogen-bond donors (Lipinski definition) is 1. The highest BCUT2D eigenvalue weighted by atomic mass is 14.9. The quantitative estimate of drug-likeness (QED) is 0.558. The number of imidazole rings is 1. The van der Waals surface area contributed by atoms with E-state index in [9.17, 15) is 0 Å². The minimum atomic E-state index is 0.406. The van der Waals surface area contributed by atoms with Gasteiger partial charge in [0, 0.05) is 11.6 Å². The van der Waals surface area contributed by atoms with Crippen LogP contribution in [0.3, 0.4) is 0 Å². The van der Waals surface area contributed by atoms with Gasteiger partial charge in [0.25, 0.3) is 0 Å². The van der Waals surface area contributed by atoms with Gasteiger partial charge in [-0.15, -0.1) is 0 Å². The lowest BCUT2D eigenvalue weighted by atomic mass is 9.98. The van der Waals surface area contributed by atoms with Crippen molar-refractivity contribution in [2.45, 2.75) is 33.6 Å². The summed E-state index contributed by atoms with van der Waals surface area (Å²) in [5, 5.41) is 0. The van der Waals surface area contributed by atoms with Crippen molar-refractivity contribution in [2.24, 2.45) is 10.9 Å². The van der Waals surface area contributed by atoms with Crippen LogP contribution in [0.1, 0.15) is 45.0 Å². The maximum atomic E-state index is 4.64. The van der Waals surface area contributed by atoms with Crippen molar-refractivity contribution in [3.63, 3.8) is 0 Å². The molecule has 0 saturated carbocycles. The maximum Gasteiger partial charge on any atom is 0.109 e. The average Bonchev–Trinajstić information content (AvgIpc) is 3.38. The molecule has 1 N–H and O–H groups in total. The second-order valence-electron chi connectivity index (χ2n) is 8.06. The van der Waals surface area contributed by atoms with E-state index in [4.69, 9.17) is 0 Å². The summed E-state index contributed by atoms with van der Waals surface area (Å²) >= 11 is 0. The Labute approximate surface area is 167 Å². The van der Waals surface area contributed by atoms with Gasteiger partial charge in [0.15, 0.2) is 0 Å². The van der Waals surface area contributed by atoms with Crippen LogP contribution in [0.4, 0.5) is 0 Å². The van der Waals surface area contributed by atoms with E-state index in [0.29, 0.717) is 11.8 Å². The van der Waals surface area contributed by atoms with Gasteiger partial charge in [-0.1, -0.05) is 76.2 Å². The van der Waals surface area contributed by atoms with Gasteiger partial charge in [-0.2, -0.15) is 0 Å². The SMILES string of the molecule is CC(C)C1=NCC(c2ccc(-c3ccc(-c4cnc(C(C)C)[nH]4)cc3)cc2)=C1. The monoisotopic (exact) mass is 369 g/mol. The van der Waals surface area contributed by atoms with Crippen molar-refractivity contribution >= 4 is 11.3 Å². The van der Waals surface area contributed by atoms with Crippen LogP contribution in [0.2, 0.25) is 0 Å². The molecule has 0 amide bonds. The molecule has 1 aromatic heterocycles. The first kappa shape index (κ1) is 18.4. The molecule has 3 heteroatoms. The van der Waals surface area contributed by atoms with Gasteiger partial charge in [0.05, 0.1) is 18.4 Å². The highest BCUT2D eigenvalue weighted by Gasteiger charge is 2.13. The zero-order chi connectivity index (χ0) is 19.7. The largest absolute Gasteiger partial charge is 0.342 e. The van der Waals surface area contributed by atoms with Gasteiger partial charge in [-0.25, -0.2) is 4.98 Å². The fourth-order valence-electron chi connectivity index (χ4n) is 3.47. The molecule has 0 saturated heterocycles. The third kappa shape index (κ3) is 3.70. The van der Waals surface area contributed by atoms with Crippen molar-refractivity contribution in [3.05, 3.63) is 72.2 Å². The van der Waals surface area contributed by atoms with Crippen molar-refractivity contribution in [2.75, 3.05) is 6.54 Å². The molecular weight excluding hydrogens is 342 g/mol. The van der Waals surface area contributed by atoms with E-state index in [1.165, 1.54) is 28.0 Å². The summed E-state index contributed by atoms with van der Waals surface area (Å²) in [6.07, 6.45) is 4.16. The second kappa shape index (κ2) is 7.59. The summed E-state index contributed by atoms with van der Waals surface area (Å²) in [5.74, 6) is 1.92. The molecule has 2 aromatic carbocycles. The van der Waals surface area contributed by atoms with Crippen LogP contribution in [0, 0.1) is 5.92 Å². The summed E-state index contributed by atoms with van der Waals surface area (Å²) in [7, 11) is 0. The maximum absolute atomic E-state index is 4.64. The van der Waals surface area contributed by atoms with E-state index in [1.807, 2.05) is 6.20 Å². The minimum Gasteiger partial charge on any atom is -0.342 e. The lowest BCUT2D eigenvalue weighted by molar-refractivity contribution is 0.795. The van der Waals surface area contributed by atoms with Crippen molar-refractivity contribution in [1.82, 2.24) is 9.97 Å². The predicted molar refractivity (Wildman–Crippen MR) is 119 cm³/mol. The summed E-state index contributed by atoms with van der Waals surface area (Å²) in [5.41, 5.74) is 8.46. The standard InChI is InChI=1S/C25H27N3/c1-16(2)23-13-22(14-26-23)20-7-5-18(6-8-20)19-9-11-21(12-10-19)24-15-27-25(28-24)17(3)4/h5-13,15-17H,14H2,1-4H3,(H,27,28). The van der Waals surface area contributed by atoms with Crippen LogP contribution in [0.15, 0.2) is 65.8 Å². The molecule has 0 aliphatic carbocycles. The van der Waals surface area contributed by atoms with Crippen LogP contribution >= 0.6 is 0 Å². The number of nitrogens with one attached hydrogen (secondary N) is 1. The number of H-pyrrole nitrogens is 1. The number of aromatic amines is 1. The Bertz CT molecular complexity index is 1020. The first-order valence-corrected chi connectivity index (χ1v) is 10.0. The topological polar surface area (TPSA) is 41.0 Å². The molecule has 28 heavy (non-hydrogen) atoms. The van der Waals surface area contributed by atoms with Crippen LogP contribution in [-0.2, 0) is 0 Å². The van der Waals surface area contributed by atoms with Crippen LogP contribution in [-0.4, -0.2) is 22.2 Å². The van der Waals surface area contributed by atoms with E-state index in [-0.39, 0.29) is 0 Å². The van der Waals surface area contributed by atoms with Crippen molar-refractivity contribution < 1.29 is 0 Å². The molecule has 0 bridgehead atoms. The highest BCUT2D eigenvalue weighted by Crippen LogP contribution is 2.27. The van der Waals surface area contributed by atoms with Gasteiger partial charge in [-0.3, -0.25) is 4.99 Å². The van der Waals surface area contributed by atoms with Crippen molar-refractivity contribution in [1.29, 1.82) is 0 Å². The average molecular weight is 370 g/mol. The normalized spacial score (nSPS) is 13.9. The zero-order valence-electron chi connectivity index (χ0n) is 17.0. The summed E-state index contributed by atoms with van der Waals surface area (Å²) in [4.78, 5) is 12.5. The van der Waals surface area contributed by atoms with Crippen LogP contribution in [0.5, 0.6) is 0 Å². The fraction of sp³-hybridized carbons (Fsp3) is 0.280. The number of aromatic nitrogens is 2. The molecular formula is C25H27N3. The Morgan fingerprint density at radius 1 is 0.750 bits per heavy atom. The molecule has 0 radical (unpaired) electrons. The molecule has 0 spiro atoms. The Morgan fingerprint density at radius 2 is 1.32 bits per heavy atom. The number of rotatable bonds is 5. The van der Waals surface area contributed by atoms with E-state index < -0.39 is 0 Å². The third-order valence-electron chi connectivity index (χ3n) is 5.27. The minimum absolute atomic E-state index is 0.406. The number of benzene rings is 2.